The molecule has 72 valence electrons. The summed E-state index contributed by atoms with van der Waals surface area (Å²) in [6.07, 6.45) is 4.31. The van der Waals surface area contributed by atoms with Crippen molar-refractivity contribution in [1.29, 1.82) is 0 Å². The number of thioether (sulfide) groups is 1. The van der Waals surface area contributed by atoms with Crippen molar-refractivity contribution >= 4 is 22.8 Å². The highest BCUT2D eigenvalue weighted by molar-refractivity contribution is 8.16. The van der Waals surface area contributed by atoms with Crippen LogP contribution in [0.5, 0.6) is 0 Å². The molecule has 1 aliphatic carbocycles. The molecular weight excluding hydrogens is 184 g/mol. The summed E-state index contributed by atoms with van der Waals surface area (Å²) in [5, 5.41) is 3.68. The van der Waals surface area contributed by atoms with E-state index in [2.05, 4.69) is 17.2 Å². The molecule has 3 nitrogen and oxygen atoms in total. The fourth-order valence-electron chi connectivity index (χ4n) is 1.32. The summed E-state index contributed by atoms with van der Waals surface area (Å²) in [5.41, 5.74) is 0. The van der Waals surface area contributed by atoms with Gasteiger partial charge in [0, 0.05) is 6.54 Å². The van der Waals surface area contributed by atoms with E-state index in [9.17, 15) is 4.79 Å². The minimum absolute atomic E-state index is 0.0922. The van der Waals surface area contributed by atoms with Gasteiger partial charge in [-0.15, -0.1) is 0 Å². The maximum Gasteiger partial charge on any atom is 0.242 e. The molecule has 1 spiro atoms. The zero-order chi connectivity index (χ0) is 9.31. The number of nitrogens with one attached hydrogen (secondary N) is 1. The summed E-state index contributed by atoms with van der Waals surface area (Å²) >= 11 is 1.63. The van der Waals surface area contributed by atoms with E-state index in [4.69, 9.17) is 0 Å². The predicted molar refractivity (Wildman–Crippen MR) is 54.9 cm³/mol. The number of carbonyl (C=O) groups excluding carboxylic acids is 1. The van der Waals surface area contributed by atoms with E-state index in [1.807, 2.05) is 0 Å². The predicted octanol–water partition coefficient (Wildman–Crippen LogP) is 1.54. The van der Waals surface area contributed by atoms with Crippen molar-refractivity contribution in [3.63, 3.8) is 0 Å². The van der Waals surface area contributed by atoms with Crippen LogP contribution in [0.1, 0.15) is 32.6 Å². The fraction of sp³-hybridized carbons (Fsp3) is 0.778. The van der Waals surface area contributed by atoms with E-state index in [1.165, 1.54) is 0 Å². The van der Waals surface area contributed by atoms with Crippen LogP contribution >= 0.6 is 11.8 Å². The molecule has 2 rings (SSSR count). The number of hydrogen-bond donors (Lipinski definition) is 1. The van der Waals surface area contributed by atoms with Gasteiger partial charge in [-0.05, 0) is 19.3 Å². The van der Waals surface area contributed by atoms with Crippen LogP contribution in [0.25, 0.3) is 0 Å². The van der Waals surface area contributed by atoms with E-state index in [0.29, 0.717) is 0 Å². The third kappa shape index (κ3) is 1.73. The highest BCUT2D eigenvalue weighted by atomic mass is 32.2. The number of unbranched alkanes of at least 4 members (excludes halogenated alkanes) is 1. The second-order valence-electron chi connectivity index (χ2n) is 3.59. The van der Waals surface area contributed by atoms with Gasteiger partial charge in [-0.3, -0.25) is 9.79 Å². The molecule has 0 bridgehead atoms. The Kier molecular flexibility index (Phi) is 2.32. The van der Waals surface area contributed by atoms with Crippen molar-refractivity contribution in [3.05, 3.63) is 0 Å². The van der Waals surface area contributed by atoms with Gasteiger partial charge in [-0.25, -0.2) is 0 Å². The number of hydrogen-bond acceptors (Lipinski definition) is 3. The average molecular weight is 198 g/mol. The molecule has 0 unspecified atom stereocenters. The van der Waals surface area contributed by atoms with Crippen molar-refractivity contribution in [2.24, 2.45) is 4.99 Å². The molecule has 1 aliphatic heterocycles. The Morgan fingerprint density at radius 2 is 2.38 bits per heavy atom. The van der Waals surface area contributed by atoms with E-state index in [-0.39, 0.29) is 10.7 Å². The summed E-state index contributed by atoms with van der Waals surface area (Å²) in [7, 11) is 0. The van der Waals surface area contributed by atoms with Gasteiger partial charge in [0.1, 0.15) is 4.75 Å². The van der Waals surface area contributed by atoms with Crippen LogP contribution in [0.2, 0.25) is 0 Å². The molecule has 0 radical (unpaired) electrons. The maximum atomic E-state index is 11.4. The molecule has 1 heterocycles. The van der Waals surface area contributed by atoms with Crippen molar-refractivity contribution in [3.8, 4) is 0 Å². The monoisotopic (exact) mass is 198 g/mol. The van der Waals surface area contributed by atoms with Gasteiger partial charge < -0.3 is 5.32 Å². The first kappa shape index (κ1) is 9.06. The zero-order valence-electron chi connectivity index (χ0n) is 7.80. The van der Waals surface area contributed by atoms with Crippen LogP contribution in [-0.2, 0) is 4.79 Å². The van der Waals surface area contributed by atoms with Gasteiger partial charge in [0.15, 0.2) is 5.17 Å². The van der Waals surface area contributed by atoms with Gasteiger partial charge in [0.25, 0.3) is 0 Å². The Morgan fingerprint density at radius 1 is 1.62 bits per heavy atom. The molecule has 13 heavy (non-hydrogen) atoms. The Labute approximate surface area is 82.4 Å². The van der Waals surface area contributed by atoms with Gasteiger partial charge in [0.2, 0.25) is 5.91 Å². The molecule has 0 aromatic carbocycles. The van der Waals surface area contributed by atoms with Crippen LogP contribution in [0.3, 0.4) is 0 Å². The summed E-state index contributed by atoms with van der Waals surface area (Å²) in [5.74, 6) is 0.174. The lowest BCUT2D eigenvalue weighted by Crippen LogP contribution is -2.25. The number of nitrogens with zero attached hydrogens (tertiary/aromatic N) is 1. The summed E-state index contributed by atoms with van der Waals surface area (Å²) in [6, 6.07) is 0. The molecule has 1 amide bonds. The highest BCUT2D eigenvalue weighted by Crippen LogP contribution is 2.51. The lowest BCUT2D eigenvalue weighted by Gasteiger charge is -1.95. The van der Waals surface area contributed by atoms with Crippen molar-refractivity contribution < 1.29 is 4.79 Å². The molecule has 1 saturated carbocycles. The first-order chi connectivity index (χ1) is 6.27. The molecule has 4 heteroatoms. The van der Waals surface area contributed by atoms with Crippen LogP contribution in [0.4, 0.5) is 0 Å². The van der Waals surface area contributed by atoms with E-state index >= 15 is 0 Å². The number of rotatable bonds is 3. The Morgan fingerprint density at radius 3 is 2.92 bits per heavy atom. The second-order valence-corrected chi connectivity index (χ2v) is 4.96. The zero-order valence-corrected chi connectivity index (χ0v) is 8.62. The first-order valence-electron chi connectivity index (χ1n) is 4.82. The summed E-state index contributed by atoms with van der Waals surface area (Å²) in [4.78, 5) is 15.7. The summed E-state index contributed by atoms with van der Waals surface area (Å²) < 4.78 is -0.0922. The minimum atomic E-state index is -0.0922. The highest BCUT2D eigenvalue weighted by Gasteiger charge is 2.56. The molecule has 0 aromatic heterocycles. The van der Waals surface area contributed by atoms with E-state index in [0.717, 1.165) is 37.4 Å². The normalized spacial score (nSPS) is 26.8. The van der Waals surface area contributed by atoms with Gasteiger partial charge in [-0.1, -0.05) is 25.1 Å². The molecule has 1 saturated heterocycles. The van der Waals surface area contributed by atoms with Gasteiger partial charge >= 0.3 is 0 Å². The molecule has 0 aromatic rings. The molecule has 0 atom stereocenters. The number of amides is 1. The smallest absolute Gasteiger partial charge is 0.242 e. The van der Waals surface area contributed by atoms with Crippen LogP contribution in [-0.4, -0.2) is 22.4 Å². The quantitative estimate of drug-likeness (QED) is 0.699. The lowest BCUT2D eigenvalue weighted by atomic mass is 10.3. The SMILES string of the molecule is CCCCN=C1NC(=O)C2(CC2)S1. The number of amidine groups is 1. The number of aliphatic imine (C=N–C) groups is 1. The fourth-order valence-corrected chi connectivity index (χ4v) is 2.44. The molecule has 1 N–H and O–H groups in total. The third-order valence-electron chi connectivity index (χ3n) is 2.40. The largest absolute Gasteiger partial charge is 0.304 e. The Hall–Kier alpha value is -0.510. The first-order valence-corrected chi connectivity index (χ1v) is 5.63. The van der Waals surface area contributed by atoms with Crippen molar-refractivity contribution in [1.82, 2.24) is 5.32 Å². The average Bonchev–Trinajstić information content (AvgIpc) is 2.79. The van der Waals surface area contributed by atoms with E-state index < -0.39 is 0 Å². The van der Waals surface area contributed by atoms with Crippen LogP contribution in [0.15, 0.2) is 4.99 Å². The topological polar surface area (TPSA) is 41.5 Å². The molecule has 2 aliphatic rings. The minimum Gasteiger partial charge on any atom is -0.304 e. The van der Waals surface area contributed by atoms with Crippen LogP contribution < -0.4 is 5.32 Å². The maximum absolute atomic E-state index is 11.4. The lowest BCUT2D eigenvalue weighted by molar-refractivity contribution is -0.119. The third-order valence-corrected chi connectivity index (χ3v) is 3.81. The Bertz CT molecular complexity index is 258. The number of carbonyl (C=O) groups is 1. The molecule has 2 fully saturated rings. The summed E-state index contributed by atoms with van der Waals surface area (Å²) in [6.45, 7) is 2.98. The van der Waals surface area contributed by atoms with Crippen LogP contribution in [0, 0.1) is 0 Å². The standard InChI is InChI=1S/C9H14N2OS/c1-2-3-6-10-8-11-7(12)9(13-8)4-5-9/h2-6H2,1H3,(H,10,11,12). The Balaban J connectivity index is 1.90. The van der Waals surface area contributed by atoms with Crippen molar-refractivity contribution in [2.45, 2.75) is 37.4 Å². The molecular formula is C9H14N2OS. The van der Waals surface area contributed by atoms with Gasteiger partial charge in [-0.2, -0.15) is 0 Å². The second kappa shape index (κ2) is 3.33. The van der Waals surface area contributed by atoms with Crippen molar-refractivity contribution in [2.75, 3.05) is 6.54 Å². The van der Waals surface area contributed by atoms with E-state index in [1.54, 1.807) is 11.8 Å². The van der Waals surface area contributed by atoms with Gasteiger partial charge in [0.05, 0.1) is 0 Å².